The molecule has 1 aromatic heterocycles. The quantitative estimate of drug-likeness (QED) is 0.126. The third-order valence-electron chi connectivity index (χ3n) is 9.30. The molecule has 5 nitrogen and oxygen atoms in total. The lowest BCUT2D eigenvalue weighted by Crippen LogP contribution is -2.33. The van der Waals surface area contributed by atoms with E-state index in [1.807, 2.05) is 36.4 Å². The highest BCUT2D eigenvalue weighted by Gasteiger charge is 2.18. The third-order valence-corrected chi connectivity index (χ3v) is 9.30. The molecule has 6 aromatic rings. The predicted molar refractivity (Wildman–Crippen MR) is 195 cm³/mol. The minimum atomic E-state index is 0.538. The molecule has 2 heterocycles. The second-order valence-corrected chi connectivity index (χ2v) is 12.7. The molecule has 0 saturated carbocycles. The van der Waals surface area contributed by atoms with Crippen LogP contribution in [0.1, 0.15) is 41.5 Å². The van der Waals surface area contributed by atoms with Gasteiger partial charge < -0.3 is 18.8 Å². The van der Waals surface area contributed by atoms with Crippen molar-refractivity contribution in [2.24, 2.45) is 0 Å². The van der Waals surface area contributed by atoms with Crippen LogP contribution >= 0.6 is 0 Å². The second kappa shape index (κ2) is 15.3. The fraction of sp³-hybridized carbons (Fsp3) is 0.256. The van der Waals surface area contributed by atoms with E-state index in [9.17, 15) is 0 Å². The van der Waals surface area contributed by atoms with Crippen LogP contribution in [0, 0.1) is 6.92 Å². The number of benzene rings is 5. The van der Waals surface area contributed by atoms with Crippen molar-refractivity contribution in [2.75, 3.05) is 26.2 Å². The zero-order valence-corrected chi connectivity index (χ0v) is 27.8. The molecule has 7 rings (SSSR count). The largest absolute Gasteiger partial charge is 0.492 e. The van der Waals surface area contributed by atoms with Crippen LogP contribution in [-0.4, -0.2) is 35.7 Å². The highest BCUT2D eigenvalue weighted by Crippen LogP contribution is 2.37. The summed E-state index contributed by atoms with van der Waals surface area (Å²) in [5.41, 5.74) is 8.29. The van der Waals surface area contributed by atoms with E-state index < -0.39 is 0 Å². The van der Waals surface area contributed by atoms with E-state index in [4.69, 9.17) is 14.2 Å². The molecule has 0 unspecified atom stereocenters. The Hall–Kier alpha value is -5.00. The molecule has 0 amide bonds. The molecule has 0 bridgehead atoms. The van der Waals surface area contributed by atoms with E-state index in [0.717, 1.165) is 53.6 Å². The number of piperidine rings is 1. The van der Waals surface area contributed by atoms with Crippen LogP contribution in [0.5, 0.6) is 17.2 Å². The van der Waals surface area contributed by atoms with Crippen molar-refractivity contribution in [3.63, 3.8) is 0 Å². The molecule has 5 heteroatoms. The number of aromatic nitrogens is 1. The molecule has 244 valence electrons. The van der Waals surface area contributed by atoms with Crippen molar-refractivity contribution < 1.29 is 14.2 Å². The zero-order chi connectivity index (χ0) is 32.5. The molecule has 1 aliphatic heterocycles. The number of nitrogens with zero attached hydrogens (tertiary/aromatic N) is 2. The van der Waals surface area contributed by atoms with Gasteiger partial charge in [-0.1, -0.05) is 79.2 Å². The molecule has 0 radical (unpaired) electrons. The Morgan fingerprint density at radius 1 is 0.562 bits per heavy atom. The van der Waals surface area contributed by atoms with E-state index in [1.165, 1.54) is 60.1 Å². The Balaban J connectivity index is 1.13. The number of ether oxygens (including phenoxy) is 3. The van der Waals surface area contributed by atoms with Gasteiger partial charge in [-0.15, -0.1) is 0 Å². The van der Waals surface area contributed by atoms with Crippen molar-refractivity contribution in [1.82, 2.24) is 9.47 Å². The van der Waals surface area contributed by atoms with E-state index in [-0.39, 0.29) is 0 Å². The van der Waals surface area contributed by atoms with Crippen LogP contribution in [-0.2, 0) is 19.8 Å². The maximum atomic E-state index is 6.25. The highest BCUT2D eigenvalue weighted by molar-refractivity contribution is 5.92. The summed E-state index contributed by atoms with van der Waals surface area (Å²) in [5, 5.41) is 1.19. The standard InChI is InChI=1S/C43H44N2O3/c1-33-41-29-40(48-32-36-13-7-3-8-14-36)23-24-42(41)45(30-34-15-19-38(20-16-34)46-28-27-44-25-9-4-10-26-44)43(33)37-17-21-39(22-18-37)47-31-35-11-5-2-6-12-35/h2-3,5-8,11-24,29H,4,9-10,25-28,30-32H2,1H3. The Kier molecular flexibility index (Phi) is 10.0. The van der Waals surface area contributed by atoms with Crippen LogP contribution in [0.4, 0.5) is 0 Å². The number of hydrogen-bond donors (Lipinski definition) is 0. The van der Waals surface area contributed by atoms with Crippen molar-refractivity contribution in [1.29, 1.82) is 0 Å². The molecule has 0 aliphatic carbocycles. The van der Waals surface area contributed by atoms with Gasteiger partial charge in [0.25, 0.3) is 0 Å². The fourth-order valence-electron chi connectivity index (χ4n) is 6.67. The van der Waals surface area contributed by atoms with Gasteiger partial charge in [-0.25, -0.2) is 0 Å². The normalized spacial score (nSPS) is 13.4. The van der Waals surface area contributed by atoms with Crippen LogP contribution in [0.15, 0.2) is 127 Å². The Bertz CT molecular complexity index is 1890. The summed E-state index contributed by atoms with van der Waals surface area (Å²) in [6.45, 7) is 8.15. The first-order chi connectivity index (χ1) is 23.7. The first-order valence-electron chi connectivity index (χ1n) is 17.2. The summed E-state index contributed by atoms with van der Waals surface area (Å²) in [4.78, 5) is 2.51. The summed E-state index contributed by atoms with van der Waals surface area (Å²) in [6, 6.07) is 44.2. The van der Waals surface area contributed by atoms with Gasteiger partial charge in [-0.3, -0.25) is 4.90 Å². The molecule has 48 heavy (non-hydrogen) atoms. The molecule has 1 saturated heterocycles. The average molecular weight is 637 g/mol. The van der Waals surface area contributed by atoms with Gasteiger partial charge in [0.05, 0.1) is 5.69 Å². The molecular formula is C43H44N2O3. The summed E-state index contributed by atoms with van der Waals surface area (Å²) < 4.78 is 20.9. The van der Waals surface area contributed by atoms with Gasteiger partial charge in [-0.2, -0.15) is 0 Å². The predicted octanol–water partition coefficient (Wildman–Crippen LogP) is 9.69. The van der Waals surface area contributed by atoms with Gasteiger partial charge in [0, 0.05) is 24.0 Å². The highest BCUT2D eigenvalue weighted by atomic mass is 16.5. The van der Waals surface area contributed by atoms with Crippen LogP contribution in [0.3, 0.4) is 0 Å². The second-order valence-electron chi connectivity index (χ2n) is 12.7. The number of rotatable bonds is 13. The van der Waals surface area contributed by atoms with E-state index >= 15 is 0 Å². The molecule has 1 aliphatic rings. The lowest BCUT2D eigenvalue weighted by atomic mass is 10.1. The first-order valence-corrected chi connectivity index (χ1v) is 17.2. The lowest BCUT2D eigenvalue weighted by molar-refractivity contribution is 0.183. The summed E-state index contributed by atoms with van der Waals surface area (Å²) >= 11 is 0. The third kappa shape index (κ3) is 7.75. The average Bonchev–Trinajstić information content (AvgIpc) is 3.42. The molecular weight excluding hydrogens is 592 g/mol. The lowest BCUT2D eigenvalue weighted by Gasteiger charge is -2.26. The number of fused-ring (bicyclic) bond motifs is 1. The Labute approximate surface area is 284 Å². The summed E-state index contributed by atoms with van der Waals surface area (Å²) in [7, 11) is 0. The molecule has 0 spiro atoms. The maximum Gasteiger partial charge on any atom is 0.120 e. The van der Waals surface area contributed by atoms with Crippen molar-refractivity contribution in [3.8, 4) is 28.5 Å². The molecule has 5 aromatic carbocycles. The summed E-state index contributed by atoms with van der Waals surface area (Å²) in [5.74, 6) is 2.65. The monoisotopic (exact) mass is 636 g/mol. The summed E-state index contributed by atoms with van der Waals surface area (Å²) in [6.07, 6.45) is 3.96. The minimum Gasteiger partial charge on any atom is -0.492 e. The van der Waals surface area contributed by atoms with E-state index in [0.29, 0.717) is 13.2 Å². The number of aryl methyl sites for hydroxylation is 1. The van der Waals surface area contributed by atoms with Crippen LogP contribution in [0.25, 0.3) is 22.2 Å². The van der Waals surface area contributed by atoms with Gasteiger partial charge >= 0.3 is 0 Å². The van der Waals surface area contributed by atoms with Gasteiger partial charge in [0.15, 0.2) is 0 Å². The van der Waals surface area contributed by atoms with Crippen LogP contribution < -0.4 is 14.2 Å². The number of hydrogen-bond acceptors (Lipinski definition) is 4. The van der Waals surface area contributed by atoms with Crippen LogP contribution in [0.2, 0.25) is 0 Å². The van der Waals surface area contributed by atoms with Gasteiger partial charge in [0.2, 0.25) is 0 Å². The zero-order valence-electron chi connectivity index (χ0n) is 27.8. The van der Waals surface area contributed by atoms with Crippen molar-refractivity contribution >= 4 is 10.9 Å². The Morgan fingerprint density at radius 3 is 1.81 bits per heavy atom. The smallest absolute Gasteiger partial charge is 0.120 e. The fourth-order valence-corrected chi connectivity index (χ4v) is 6.67. The van der Waals surface area contributed by atoms with E-state index in [2.05, 4.69) is 107 Å². The molecule has 1 fully saturated rings. The maximum absolute atomic E-state index is 6.25. The van der Waals surface area contributed by atoms with Gasteiger partial charge in [0.1, 0.15) is 37.1 Å². The molecule has 0 N–H and O–H groups in total. The van der Waals surface area contributed by atoms with Crippen molar-refractivity contribution in [3.05, 3.63) is 150 Å². The molecule has 0 atom stereocenters. The Morgan fingerprint density at radius 2 is 1.15 bits per heavy atom. The minimum absolute atomic E-state index is 0.538. The number of likely N-dealkylation sites (tertiary alicyclic amines) is 1. The topological polar surface area (TPSA) is 35.9 Å². The first kappa shape index (κ1) is 31.6. The van der Waals surface area contributed by atoms with Gasteiger partial charge in [-0.05, 0) is 115 Å². The van der Waals surface area contributed by atoms with E-state index in [1.54, 1.807) is 0 Å². The van der Waals surface area contributed by atoms with Crippen molar-refractivity contribution in [2.45, 2.75) is 45.9 Å². The SMILES string of the molecule is Cc1c(-c2ccc(OCc3ccccc3)cc2)n(Cc2ccc(OCCN3CCCCC3)cc2)c2ccc(OCc3ccccc3)cc12.